The van der Waals surface area contributed by atoms with Crippen LogP contribution in [0.1, 0.15) is 49.8 Å². The van der Waals surface area contributed by atoms with Gasteiger partial charge in [0, 0.05) is 24.0 Å². The van der Waals surface area contributed by atoms with Crippen LogP contribution in [0.25, 0.3) is 6.08 Å². The fourth-order valence-electron chi connectivity index (χ4n) is 3.92. The zero-order valence-corrected chi connectivity index (χ0v) is 17.2. The van der Waals surface area contributed by atoms with E-state index in [1.54, 1.807) is 6.08 Å². The van der Waals surface area contributed by atoms with Crippen molar-refractivity contribution in [2.45, 2.75) is 45.6 Å². The normalized spacial score (nSPS) is 18.2. The third-order valence-electron chi connectivity index (χ3n) is 5.61. The molecular formula is C24H27N3O. The van der Waals surface area contributed by atoms with Gasteiger partial charge in [-0.15, -0.1) is 0 Å². The Bertz CT molecular complexity index is 982. The molecule has 1 amide bonds. The highest BCUT2D eigenvalue weighted by molar-refractivity contribution is 6.09. The van der Waals surface area contributed by atoms with E-state index < -0.39 is 5.91 Å². The number of hydrogen-bond donors (Lipinski definition) is 1. The van der Waals surface area contributed by atoms with Crippen molar-refractivity contribution in [3.8, 4) is 6.07 Å². The molecule has 2 aromatic carbocycles. The summed E-state index contributed by atoms with van der Waals surface area (Å²) in [5, 5.41) is 12.3. The van der Waals surface area contributed by atoms with Crippen molar-refractivity contribution < 1.29 is 4.79 Å². The van der Waals surface area contributed by atoms with Crippen LogP contribution in [-0.2, 0) is 4.79 Å². The van der Waals surface area contributed by atoms with Gasteiger partial charge in [-0.25, -0.2) is 0 Å². The smallest absolute Gasteiger partial charge is 0.266 e. The first kappa shape index (κ1) is 19.7. The Morgan fingerprint density at radius 3 is 2.71 bits per heavy atom. The molecule has 0 aliphatic carbocycles. The number of anilines is 2. The van der Waals surface area contributed by atoms with Crippen molar-refractivity contribution >= 4 is 23.4 Å². The van der Waals surface area contributed by atoms with Crippen LogP contribution in [0.3, 0.4) is 0 Å². The summed E-state index contributed by atoms with van der Waals surface area (Å²) >= 11 is 0. The van der Waals surface area contributed by atoms with Crippen molar-refractivity contribution in [1.82, 2.24) is 0 Å². The van der Waals surface area contributed by atoms with Crippen LogP contribution in [0.15, 0.2) is 48.0 Å². The summed E-state index contributed by atoms with van der Waals surface area (Å²) in [5.41, 5.74) is 5.28. The highest BCUT2D eigenvalue weighted by Gasteiger charge is 2.33. The summed E-state index contributed by atoms with van der Waals surface area (Å²) in [6, 6.07) is 15.7. The van der Waals surface area contributed by atoms with Crippen LogP contribution in [0.4, 0.5) is 11.4 Å². The molecule has 3 rings (SSSR count). The molecule has 0 fully saturated rings. The third kappa shape index (κ3) is 3.94. The number of carbonyl (C=O) groups excluding carboxylic acids is 1. The molecule has 1 heterocycles. The minimum Gasteiger partial charge on any atom is -0.369 e. The fraction of sp³-hybridized carbons (Fsp3) is 0.333. The molecule has 0 bridgehead atoms. The zero-order valence-electron chi connectivity index (χ0n) is 17.2. The standard InChI is InChI=1S/C24H27N3O/c1-16-7-6-8-20(11-16)26-23(28)19(15-25)12-18-9-10-22-21(13-18)17(2)14-24(3,4)27(22)5/h6-13,17H,14H2,1-5H3,(H,26,28)/b19-12-. The molecule has 0 radical (unpaired) electrons. The fourth-order valence-corrected chi connectivity index (χ4v) is 3.92. The minimum atomic E-state index is -0.392. The van der Waals surface area contributed by atoms with E-state index in [-0.39, 0.29) is 11.1 Å². The average molecular weight is 374 g/mol. The van der Waals surface area contributed by atoms with Gasteiger partial charge in [0.15, 0.2) is 0 Å². The number of aryl methyl sites for hydroxylation is 1. The first-order valence-corrected chi connectivity index (χ1v) is 9.59. The molecule has 1 unspecified atom stereocenters. The number of nitrogens with zero attached hydrogens (tertiary/aromatic N) is 2. The lowest BCUT2D eigenvalue weighted by Crippen LogP contribution is -2.45. The lowest BCUT2D eigenvalue weighted by molar-refractivity contribution is -0.112. The summed E-state index contributed by atoms with van der Waals surface area (Å²) in [6.45, 7) is 8.70. The van der Waals surface area contributed by atoms with E-state index in [1.807, 2.05) is 43.3 Å². The van der Waals surface area contributed by atoms with Crippen molar-refractivity contribution in [2.24, 2.45) is 0 Å². The maximum Gasteiger partial charge on any atom is 0.266 e. The van der Waals surface area contributed by atoms with E-state index in [0.29, 0.717) is 11.6 Å². The van der Waals surface area contributed by atoms with Gasteiger partial charge in [0.2, 0.25) is 0 Å². The first-order chi connectivity index (χ1) is 13.2. The number of nitrogens with one attached hydrogen (secondary N) is 1. The zero-order chi connectivity index (χ0) is 20.5. The highest BCUT2D eigenvalue weighted by atomic mass is 16.1. The van der Waals surface area contributed by atoms with Gasteiger partial charge in [-0.05, 0) is 80.1 Å². The molecule has 1 atom stereocenters. The van der Waals surface area contributed by atoms with E-state index in [2.05, 4.69) is 50.2 Å². The summed E-state index contributed by atoms with van der Waals surface area (Å²) in [4.78, 5) is 14.9. The molecule has 28 heavy (non-hydrogen) atoms. The molecule has 0 spiro atoms. The molecule has 1 N–H and O–H groups in total. The summed E-state index contributed by atoms with van der Waals surface area (Å²) in [7, 11) is 2.12. The Hall–Kier alpha value is -3.06. The third-order valence-corrected chi connectivity index (χ3v) is 5.61. The predicted molar refractivity (Wildman–Crippen MR) is 115 cm³/mol. The topological polar surface area (TPSA) is 56.1 Å². The average Bonchev–Trinajstić information content (AvgIpc) is 2.64. The number of amides is 1. The second-order valence-electron chi connectivity index (χ2n) is 8.29. The number of benzene rings is 2. The molecule has 4 nitrogen and oxygen atoms in total. The monoisotopic (exact) mass is 373 g/mol. The lowest BCUT2D eigenvalue weighted by atomic mass is 9.80. The quantitative estimate of drug-likeness (QED) is 0.589. The molecular weight excluding hydrogens is 346 g/mol. The van der Waals surface area contributed by atoms with Gasteiger partial charge in [-0.2, -0.15) is 5.26 Å². The molecule has 0 saturated carbocycles. The van der Waals surface area contributed by atoms with Gasteiger partial charge in [-0.1, -0.05) is 25.1 Å². The molecule has 144 valence electrons. The van der Waals surface area contributed by atoms with E-state index in [1.165, 1.54) is 11.3 Å². The number of fused-ring (bicyclic) bond motifs is 1. The highest BCUT2D eigenvalue weighted by Crippen LogP contribution is 2.42. The predicted octanol–water partition coefficient (Wildman–Crippen LogP) is 5.26. The Morgan fingerprint density at radius 2 is 2.04 bits per heavy atom. The van der Waals surface area contributed by atoms with E-state index in [0.717, 1.165) is 17.5 Å². The van der Waals surface area contributed by atoms with Gasteiger partial charge < -0.3 is 10.2 Å². The maximum absolute atomic E-state index is 12.5. The van der Waals surface area contributed by atoms with Gasteiger partial charge >= 0.3 is 0 Å². The van der Waals surface area contributed by atoms with Crippen LogP contribution in [0.5, 0.6) is 0 Å². The van der Waals surface area contributed by atoms with Crippen molar-refractivity contribution in [3.05, 3.63) is 64.7 Å². The largest absolute Gasteiger partial charge is 0.369 e. The summed E-state index contributed by atoms with van der Waals surface area (Å²) in [5.74, 6) is 0.0262. The number of hydrogen-bond acceptors (Lipinski definition) is 3. The maximum atomic E-state index is 12.5. The molecule has 0 saturated heterocycles. The Kier molecular flexibility index (Phi) is 5.29. The van der Waals surface area contributed by atoms with Gasteiger partial charge in [-0.3, -0.25) is 4.79 Å². The lowest BCUT2D eigenvalue weighted by Gasteiger charge is -2.45. The minimum absolute atomic E-state index is 0.0959. The van der Waals surface area contributed by atoms with Gasteiger partial charge in [0.05, 0.1) is 0 Å². The van der Waals surface area contributed by atoms with Crippen LogP contribution >= 0.6 is 0 Å². The number of nitriles is 1. The Labute approximate surface area is 167 Å². The van der Waals surface area contributed by atoms with Crippen LogP contribution in [0.2, 0.25) is 0 Å². The second-order valence-corrected chi connectivity index (χ2v) is 8.29. The van der Waals surface area contributed by atoms with Crippen LogP contribution < -0.4 is 10.2 Å². The van der Waals surface area contributed by atoms with Crippen LogP contribution in [0, 0.1) is 18.3 Å². The van der Waals surface area contributed by atoms with Gasteiger partial charge in [0.1, 0.15) is 11.6 Å². The molecule has 2 aromatic rings. The summed E-state index contributed by atoms with van der Waals surface area (Å²) < 4.78 is 0. The summed E-state index contributed by atoms with van der Waals surface area (Å²) in [6.07, 6.45) is 2.72. The van der Waals surface area contributed by atoms with E-state index in [9.17, 15) is 10.1 Å². The molecule has 1 aliphatic heterocycles. The van der Waals surface area contributed by atoms with Crippen LogP contribution in [-0.4, -0.2) is 18.5 Å². The Morgan fingerprint density at radius 1 is 1.29 bits per heavy atom. The van der Waals surface area contributed by atoms with Crippen molar-refractivity contribution in [3.63, 3.8) is 0 Å². The molecule has 0 aromatic heterocycles. The van der Waals surface area contributed by atoms with Crippen molar-refractivity contribution in [1.29, 1.82) is 5.26 Å². The Balaban J connectivity index is 1.88. The van der Waals surface area contributed by atoms with E-state index >= 15 is 0 Å². The van der Waals surface area contributed by atoms with Crippen molar-refractivity contribution in [2.75, 3.05) is 17.3 Å². The number of rotatable bonds is 3. The SMILES string of the molecule is Cc1cccc(NC(=O)/C(C#N)=C\c2ccc3c(c2)C(C)CC(C)(C)N3C)c1. The van der Waals surface area contributed by atoms with Gasteiger partial charge in [0.25, 0.3) is 5.91 Å². The van der Waals surface area contributed by atoms with E-state index in [4.69, 9.17) is 0 Å². The molecule has 1 aliphatic rings. The number of carbonyl (C=O) groups is 1. The molecule has 4 heteroatoms. The second kappa shape index (κ2) is 7.52. The first-order valence-electron chi connectivity index (χ1n) is 9.59.